The van der Waals surface area contributed by atoms with Gasteiger partial charge in [-0.05, 0) is 36.9 Å². The van der Waals surface area contributed by atoms with Gasteiger partial charge in [0, 0.05) is 11.4 Å². The highest BCUT2D eigenvalue weighted by atomic mass is 32.2. The molecule has 21 heavy (non-hydrogen) atoms. The molecule has 0 spiro atoms. The van der Waals surface area contributed by atoms with Crippen molar-refractivity contribution in [3.05, 3.63) is 42.5 Å². The Hall–Kier alpha value is -1.43. The van der Waals surface area contributed by atoms with Crippen molar-refractivity contribution in [3.63, 3.8) is 0 Å². The summed E-state index contributed by atoms with van der Waals surface area (Å²) in [6.45, 7) is 3.78. The minimum absolute atomic E-state index is 0.00443. The van der Waals surface area contributed by atoms with Crippen LogP contribution >= 0.6 is 0 Å². The molecule has 1 saturated heterocycles. The Morgan fingerprint density at radius 1 is 1.14 bits per heavy atom. The molecule has 0 aromatic heterocycles. The van der Waals surface area contributed by atoms with E-state index in [0.29, 0.717) is 10.8 Å². The zero-order chi connectivity index (χ0) is 14.9. The minimum atomic E-state index is -3.50. The molecule has 5 heteroatoms. The van der Waals surface area contributed by atoms with Crippen molar-refractivity contribution in [2.45, 2.75) is 24.3 Å². The van der Waals surface area contributed by atoms with E-state index in [4.69, 9.17) is 0 Å². The molecule has 1 fully saturated rings. The SMILES string of the molecule is CC1CNCCC1NS(=O)(=O)c1cccc2ccccc12. The molecule has 2 aromatic carbocycles. The standard InChI is InChI=1S/C16H20N2O2S/c1-12-11-17-10-9-15(12)18-21(19,20)16-8-4-6-13-5-2-3-7-14(13)16/h2-8,12,15,17-18H,9-11H2,1H3. The normalized spacial score (nSPS) is 23.3. The summed E-state index contributed by atoms with van der Waals surface area (Å²) in [5, 5.41) is 5.00. The van der Waals surface area contributed by atoms with Crippen molar-refractivity contribution < 1.29 is 8.42 Å². The quantitative estimate of drug-likeness (QED) is 0.913. The fourth-order valence-electron chi connectivity index (χ4n) is 2.88. The van der Waals surface area contributed by atoms with E-state index >= 15 is 0 Å². The van der Waals surface area contributed by atoms with E-state index in [1.54, 1.807) is 12.1 Å². The van der Waals surface area contributed by atoms with E-state index in [2.05, 4.69) is 17.0 Å². The van der Waals surface area contributed by atoms with E-state index < -0.39 is 10.0 Å². The van der Waals surface area contributed by atoms with Gasteiger partial charge < -0.3 is 5.32 Å². The molecule has 2 N–H and O–H groups in total. The molecule has 1 aliphatic heterocycles. The fourth-order valence-corrected chi connectivity index (χ4v) is 4.49. The van der Waals surface area contributed by atoms with Gasteiger partial charge in [-0.25, -0.2) is 13.1 Å². The summed E-state index contributed by atoms with van der Waals surface area (Å²) >= 11 is 0. The van der Waals surface area contributed by atoms with Crippen LogP contribution in [0.1, 0.15) is 13.3 Å². The number of sulfonamides is 1. The van der Waals surface area contributed by atoms with Gasteiger partial charge in [-0.1, -0.05) is 43.3 Å². The third kappa shape index (κ3) is 2.95. The molecular formula is C16H20N2O2S. The summed E-state index contributed by atoms with van der Waals surface area (Å²) in [6, 6.07) is 13.0. The van der Waals surface area contributed by atoms with Gasteiger partial charge in [-0.2, -0.15) is 0 Å². The topological polar surface area (TPSA) is 58.2 Å². The lowest BCUT2D eigenvalue weighted by Crippen LogP contribution is -2.48. The molecule has 1 heterocycles. The van der Waals surface area contributed by atoms with Crippen LogP contribution in [0, 0.1) is 5.92 Å². The highest BCUT2D eigenvalue weighted by Gasteiger charge is 2.27. The van der Waals surface area contributed by atoms with Crippen LogP contribution < -0.4 is 10.0 Å². The lowest BCUT2D eigenvalue weighted by atomic mass is 9.97. The Morgan fingerprint density at radius 3 is 2.71 bits per heavy atom. The monoisotopic (exact) mass is 304 g/mol. The van der Waals surface area contributed by atoms with Gasteiger partial charge in [0.1, 0.15) is 0 Å². The molecule has 4 nitrogen and oxygen atoms in total. The zero-order valence-electron chi connectivity index (χ0n) is 12.0. The van der Waals surface area contributed by atoms with Gasteiger partial charge in [0.2, 0.25) is 10.0 Å². The van der Waals surface area contributed by atoms with E-state index in [-0.39, 0.29) is 6.04 Å². The molecule has 0 bridgehead atoms. The first-order chi connectivity index (χ1) is 10.1. The highest BCUT2D eigenvalue weighted by molar-refractivity contribution is 7.89. The lowest BCUT2D eigenvalue weighted by molar-refractivity contribution is 0.328. The molecule has 0 radical (unpaired) electrons. The number of nitrogens with one attached hydrogen (secondary N) is 2. The maximum absolute atomic E-state index is 12.7. The molecule has 2 aromatic rings. The van der Waals surface area contributed by atoms with Crippen LogP contribution in [-0.4, -0.2) is 27.5 Å². The van der Waals surface area contributed by atoms with E-state index in [9.17, 15) is 8.42 Å². The van der Waals surface area contributed by atoms with E-state index in [1.165, 1.54) is 0 Å². The van der Waals surface area contributed by atoms with Crippen molar-refractivity contribution in [1.29, 1.82) is 0 Å². The number of hydrogen-bond donors (Lipinski definition) is 2. The number of rotatable bonds is 3. The summed E-state index contributed by atoms with van der Waals surface area (Å²) < 4.78 is 28.3. The van der Waals surface area contributed by atoms with E-state index in [0.717, 1.165) is 30.3 Å². The Balaban J connectivity index is 1.97. The zero-order valence-corrected chi connectivity index (χ0v) is 12.9. The molecule has 3 rings (SSSR count). The van der Waals surface area contributed by atoms with Crippen molar-refractivity contribution in [2.75, 3.05) is 13.1 Å². The maximum atomic E-state index is 12.7. The molecule has 2 unspecified atom stereocenters. The Labute approximate surface area is 125 Å². The third-order valence-corrected chi connectivity index (χ3v) is 5.68. The lowest BCUT2D eigenvalue weighted by Gasteiger charge is -2.30. The first kappa shape index (κ1) is 14.5. The fraction of sp³-hybridized carbons (Fsp3) is 0.375. The van der Waals surface area contributed by atoms with Crippen molar-refractivity contribution in [2.24, 2.45) is 5.92 Å². The van der Waals surface area contributed by atoms with Gasteiger partial charge in [-0.15, -0.1) is 0 Å². The average molecular weight is 304 g/mol. The smallest absolute Gasteiger partial charge is 0.241 e. The predicted octanol–water partition coefficient (Wildman–Crippen LogP) is 2.12. The van der Waals surface area contributed by atoms with Crippen LogP contribution in [0.15, 0.2) is 47.4 Å². The van der Waals surface area contributed by atoms with Crippen LogP contribution in [0.4, 0.5) is 0 Å². The van der Waals surface area contributed by atoms with Crippen molar-refractivity contribution >= 4 is 20.8 Å². The molecule has 2 atom stereocenters. The van der Waals surface area contributed by atoms with Gasteiger partial charge in [0.05, 0.1) is 4.90 Å². The minimum Gasteiger partial charge on any atom is -0.316 e. The summed E-state index contributed by atoms with van der Waals surface area (Å²) in [5.74, 6) is 0.295. The summed E-state index contributed by atoms with van der Waals surface area (Å²) in [5.41, 5.74) is 0. The first-order valence-electron chi connectivity index (χ1n) is 7.29. The van der Waals surface area contributed by atoms with Gasteiger partial charge in [0.25, 0.3) is 0 Å². The van der Waals surface area contributed by atoms with Crippen LogP contribution in [0.2, 0.25) is 0 Å². The van der Waals surface area contributed by atoms with Crippen LogP contribution in [0.3, 0.4) is 0 Å². The van der Waals surface area contributed by atoms with Gasteiger partial charge in [-0.3, -0.25) is 0 Å². The number of piperidine rings is 1. The molecular weight excluding hydrogens is 284 g/mol. The van der Waals surface area contributed by atoms with Crippen LogP contribution in [0.25, 0.3) is 10.8 Å². The van der Waals surface area contributed by atoms with Crippen molar-refractivity contribution in [1.82, 2.24) is 10.0 Å². The number of fused-ring (bicyclic) bond motifs is 1. The largest absolute Gasteiger partial charge is 0.316 e. The van der Waals surface area contributed by atoms with Crippen LogP contribution in [-0.2, 0) is 10.0 Å². The first-order valence-corrected chi connectivity index (χ1v) is 8.77. The predicted molar refractivity (Wildman–Crippen MR) is 84.7 cm³/mol. The molecule has 1 aliphatic rings. The van der Waals surface area contributed by atoms with Crippen LogP contribution in [0.5, 0.6) is 0 Å². The second kappa shape index (κ2) is 5.75. The Morgan fingerprint density at radius 2 is 1.90 bits per heavy atom. The second-order valence-corrected chi connectivity index (χ2v) is 7.36. The number of hydrogen-bond acceptors (Lipinski definition) is 3. The summed E-state index contributed by atoms with van der Waals surface area (Å²) in [7, 11) is -3.50. The maximum Gasteiger partial charge on any atom is 0.241 e. The number of benzene rings is 2. The molecule has 112 valence electrons. The van der Waals surface area contributed by atoms with Gasteiger partial charge >= 0.3 is 0 Å². The molecule has 0 saturated carbocycles. The Kier molecular flexibility index (Phi) is 3.97. The average Bonchev–Trinajstić information content (AvgIpc) is 2.49. The summed E-state index contributed by atoms with van der Waals surface area (Å²) in [4.78, 5) is 0.367. The molecule has 0 aliphatic carbocycles. The second-order valence-electron chi connectivity index (χ2n) is 5.68. The summed E-state index contributed by atoms with van der Waals surface area (Å²) in [6.07, 6.45) is 0.825. The highest BCUT2D eigenvalue weighted by Crippen LogP contribution is 2.24. The Bertz CT molecular complexity index is 738. The van der Waals surface area contributed by atoms with Gasteiger partial charge in [0.15, 0.2) is 0 Å². The van der Waals surface area contributed by atoms with E-state index in [1.807, 2.05) is 30.3 Å². The molecule has 0 amide bonds. The van der Waals surface area contributed by atoms with Crippen molar-refractivity contribution in [3.8, 4) is 0 Å². The third-order valence-electron chi connectivity index (χ3n) is 4.13.